The topological polar surface area (TPSA) is 115 Å². The van der Waals surface area contributed by atoms with Crippen molar-refractivity contribution in [3.05, 3.63) is 124 Å². The third-order valence-corrected chi connectivity index (χ3v) is 6.36. The predicted molar refractivity (Wildman–Crippen MR) is 144 cm³/mol. The van der Waals surface area contributed by atoms with Gasteiger partial charge in [0.05, 0.1) is 31.1 Å². The molecule has 4 aromatic rings. The minimum Gasteiger partial charge on any atom is -0.459 e. The molecule has 2 heterocycles. The summed E-state index contributed by atoms with van der Waals surface area (Å²) in [5, 5.41) is 0. The molecule has 0 amide bonds. The van der Waals surface area contributed by atoms with Crippen molar-refractivity contribution < 1.29 is 23.7 Å². The summed E-state index contributed by atoms with van der Waals surface area (Å²) in [5.41, 5.74) is 7.86. The van der Waals surface area contributed by atoms with Gasteiger partial charge in [0.2, 0.25) is 0 Å². The number of carbonyl (C=O) groups is 1. The average molecular weight is 528 g/mol. The van der Waals surface area contributed by atoms with Crippen molar-refractivity contribution in [2.45, 2.75) is 31.5 Å². The van der Waals surface area contributed by atoms with Crippen LogP contribution in [0.4, 0.5) is 5.82 Å². The first kappa shape index (κ1) is 26.3. The molecule has 1 saturated heterocycles. The van der Waals surface area contributed by atoms with Crippen molar-refractivity contribution in [2.75, 3.05) is 18.9 Å². The molecule has 1 aromatic heterocycles. The first-order valence-electron chi connectivity index (χ1n) is 12.6. The molecular weight excluding hydrogens is 498 g/mol. The lowest BCUT2D eigenvalue weighted by atomic mass is 10.1. The summed E-state index contributed by atoms with van der Waals surface area (Å²) >= 11 is 0. The second kappa shape index (κ2) is 12.5. The molecule has 5 rings (SSSR count). The lowest BCUT2D eigenvalue weighted by Crippen LogP contribution is -2.37. The third kappa shape index (κ3) is 6.77. The Morgan fingerprint density at radius 1 is 0.923 bits per heavy atom. The van der Waals surface area contributed by atoms with Gasteiger partial charge >= 0.3 is 11.7 Å². The van der Waals surface area contributed by atoms with Crippen molar-refractivity contribution in [2.24, 2.45) is 0 Å². The number of hydrogen-bond acceptors (Lipinski definition) is 8. The molecule has 9 nitrogen and oxygen atoms in total. The van der Waals surface area contributed by atoms with E-state index in [1.165, 1.54) is 16.8 Å². The SMILES string of the molecule is Nc1ccn(-c2cccc(C(=O)OCC3OCC(OCc4ccccc4)C3OCc3ccccc3)c2)c(=O)n1. The minimum absolute atomic E-state index is 0.0168. The van der Waals surface area contributed by atoms with E-state index in [9.17, 15) is 9.59 Å². The molecule has 0 bridgehead atoms. The standard InChI is InChI=1S/C30H29N3O6/c31-27-14-15-33(30(35)32-27)24-13-7-12-23(16-24)29(34)39-20-26-28(38-18-22-10-5-2-6-11-22)25(19-37-26)36-17-21-8-3-1-4-9-21/h1-16,25-26,28H,17-20H2,(H2,31,32,35). The van der Waals surface area contributed by atoms with E-state index < -0.39 is 23.9 Å². The van der Waals surface area contributed by atoms with E-state index in [0.29, 0.717) is 25.5 Å². The Kier molecular flexibility index (Phi) is 8.42. The summed E-state index contributed by atoms with van der Waals surface area (Å²) in [6.45, 7) is 1.09. The Bertz CT molecular complexity index is 1440. The highest BCUT2D eigenvalue weighted by Gasteiger charge is 2.40. The molecule has 0 saturated carbocycles. The van der Waals surface area contributed by atoms with Crippen LogP contribution >= 0.6 is 0 Å². The maximum atomic E-state index is 12.9. The molecule has 1 aliphatic heterocycles. The molecular formula is C30H29N3O6. The molecule has 3 aromatic carbocycles. The number of rotatable bonds is 10. The lowest BCUT2D eigenvalue weighted by Gasteiger charge is -2.23. The monoisotopic (exact) mass is 527 g/mol. The van der Waals surface area contributed by atoms with Gasteiger partial charge in [-0.15, -0.1) is 0 Å². The van der Waals surface area contributed by atoms with E-state index in [2.05, 4.69) is 4.98 Å². The number of esters is 1. The molecule has 9 heteroatoms. The number of aromatic nitrogens is 2. The normalized spacial score (nSPS) is 18.6. The van der Waals surface area contributed by atoms with Crippen LogP contribution in [0.25, 0.3) is 5.69 Å². The van der Waals surface area contributed by atoms with Gasteiger partial charge in [-0.05, 0) is 35.4 Å². The number of hydrogen-bond donors (Lipinski definition) is 1. The van der Waals surface area contributed by atoms with Crippen molar-refractivity contribution in [3.63, 3.8) is 0 Å². The molecule has 0 aliphatic carbocycles. The maximum Gasteiger partial charge on any atom is 0.354 e. The predicted octanol–water partition coefficient (Wildman–Crippen LogP) is 3.54. The highest BCUT2D eigenvalue weighted by atomic mass is 16.6. The van der Waals surface area contributed by atoms with Crippen molar-refractivity contribution in [1.82, 2.24) is 9.55 Å². The summed E-state index contributed by atoms with van der Waals surface area (Å²) in [4.78, 5) is 28.9. The van der Waals surface area contributed by atoms with Gasteiger partial charge in [-0.3, -0.25) is 4.57 Å². The van der Waals surface area contributed by atoms with Crippen molar-refractivity contribution >= 4 is 11.8 Å². The Morgan fingerprint density at radius 3 is 2.31 bits per heavy atom. The summed E-state index contributed by atoms with van der Waals surface area (Å²) in [6, 6.07) is 27.8. The van der Waals surface area contributed by atoms with Gasteiger partial charge in [-0.25, -0.2) is 9.59 Å². The van der Waals surface area contributed by atoms with E-state index >= 15 is 0 Å². The third-order valence-electron chi connectivity index (χ3n) is 6.36. The first-order valence-corrected chi connectivity index (χ1v) is 12.6. The summed E-state index contributed by atoms with van der Waals surface area (Å²) in [7, 11) is 0. The van der Waals surface area contributed by atoms with E-state index in [-0.39, 0.29) is 24.1 Å². The number of nitrogen functional groups attached to an aromatic ring is 1. The van der Waals surface area contributed by atoms with Crippen molar-refractivity contribution in [1.29, 1.82) is 0 Å². The number of benzene rings is 3. The van der Waals surface area contributed by atoms with Gasteiger partial charge in [0.25, 0.3) is 0 Å². The molecule has 2 N–H and O–H groups in total. The second-order valence-corrected chi connectivity index (χ2v) is 9.12. The van der Waals surface area contributed by atoms with E-state index in [1.54, 1.807) is 24.3 Å². The van der Waals surface area contributed by atoms with Crippen LogP contribution in [0.15, 0.2) is 102 Å². The summed E-state index contributed by atoms with van der Waals surface area (Å²) < 4.78 is 25.3. The van der Waals surface area contributed by atoms with Gasteiger partial charge in [-0.1, -0.05) is 66.7 Å². The average Bonchev–Trinajstić information content (AvgIpc) is 3.36. The van der Waals surface area contributed by atoms with Crippen LogP contribution in [0, 0.1) is 0 Å². The largest absolute Gasteiger partial charge is 0.459 e. The fourth-order valence-electron chi connectivity index (χ4n) is 4.33. The van der Waals surface area contributed by atoms with Gasteiger partial charge in [0.15, 0.2) is 0 Å². The molecule has 1 fully saturated rings. The van der Waals surface area contributed by atoms with Gasteiger partial charge in [-0.2, -0.15) is 4.98 Å². The van der Waals surface area contributed by atoms with Crippen LogP contribution in [-0.4, -0.2) is 47.0 Å². The van der Waals surface area contributed by atoms with Crippen LogP contribution < -0.4 is 11.4 Å². The van der Waals surface area contributed by atoms with Crippen molar-refractivity contribution in [3.8, 4) is 5.69 Å². The number of carbonyl (C=O) groups excluding carboxylic acids is 1. The molecule has 1 aliphatic rings. The summed E-state index contributed by atoms with van der Waals surface area (Å²) in [5.74, 6) is -0.425. The Balaban J connectivity index is 1.25. The summed E-state index contributed by atoms with van der Waals surface area (Å²) in [6.07, 6.45) is 0.231. The smallest absolute Gasteiger partial charge is 0.354 e. The highest BCUT2D eigenvalue weighted by Crippen LogP contribution is 2.24. The number of nitrogens with two attached hydrogens (primary N) is 1. The zero-order valence-corrected chi connectivity index (χ0v) is 21.2. The first-order chi connectivity index (χ1) is 19.1. The van der Waals surface area contributed by atoms with Crippen LogP contribution in [-0.2, 0) is 32.2 Å². The highest BCUT2D eigenvalue weighted by molar-refractivity contribution is 5.90. The number of nitrogens with zero attached hydrogens (tertiary/aromatic N) is 2. The van der Waals surface area contributed by atoms with E-state index in [1.807, 2.05) is 60.7 Å². The number of anilines is 1. The Hall–Kier alpha value is -4.31. The van der Waals surface area contributed by atoms with Crippen LogP contribution in [0.3, 0.4) is 0 Å². The molecule has 3 unspecified atom stereocenters. The van der Waals surface area contributed by atoms with Crippen LogP contribution in [0.2, 0.25) is 0 Å². The number of ether oxygens (including phenoxy) is 4. The Morgan fingerprint density at radius 2 is 1.62 bits per heavy atom. The van der Waals surface area contributed by atoms with Crippen LogP contribution in [0.5, 0.6) is 0 Å². The second-order valence-electron chi connectivity index (χ2n) is 9.12. The van der Waals surface area contributed by atoms with E-state index in [0.717, 1.165) is 11.1 Å². The quantitative estimate of drug-likeness (QED) is 0.312. The van der Waals surface area contributed by atoms with Gasteiger partial charge < -0.3 is 24.7 Å². The zero-order valence-electron chi connectivity index (χ0n) is 21.2. The van der Waals surface area contributed by atoms with Crippen LogP contribution in [0.1, 0.15) is 21.5 Å². The molecule has 0 radical (unpaired) electrons. The molecule has 39 heavy (non-hydrogen) atoms. The minimum atomic E-state index is -0.549. The fourth-order valence-corrected chi connectivity index (χ4v) is 4.33. The maximum absolute atomic E-state index is 12.9. The molecule has 0 spiro atoms. The molecule has 3 atom stereocenters. The zero-order chi connectivity index (χ0) is 27.0. The fraction of sp³-hybridized carbons (Fsp3) is 0.233. The Labute approximate surface area is 225 Å². The van der Waals surface area contributed by atoms with Gasteiger partial charge in [0.1, 0.15) is 30.7 Å². The molecule has 200 valence electrons. The van der Waals surface area contributed by atoms with Gasteiger partial charge in [0, 0.05) is 6.20 Å². The van der Waals surface area contributed by atoms with E-state index in [4.69, 9.17) is 24.7 Å². The lowest BCUT2D eigenvalue weighted by molar-refractivity contribution is -0.0831.